The van der Waals surface area contributed by atoms with Gasteiger partial charge in [0.25, 0.3) is 10.1 Å². The van der Waals surface area contributed by atoms with Gasteiger partial charge >= 0.3 is 0 Å². The molecule has 0 fully saturated rings. The second-order valence-electron chi connectivity index (χ2n) is 8.14. The third kappa shape index (κ3) is 9.74. The van der Waals surface area contributed by atoms with Crippen LogP contribution in [0.1, 0.15) is 83.1 Å². The van der Waals surface area contributed by atoms with Crippen LogP contribution < -0.4 is 4.74 Å². The molecule has 0 unspecified atom stereocenters. The van der Waals surface area contributed by atoms with Crippen molar-refractivity contribution in [2.75, 3.05) is 0 Å². The van der Waals surface area contributed by atoms with Crippen molar-refractivity contribution in [1.29, 1.82) is 0 Å². The summed E-state index contributed by atoms with van der Waals surface area (Å²) in [7, 11) is -4.52. The molecule has 0 aromatic heterocycles. The van der Waals surface area contributed by atoms with Crippen molar-refractivity contribution in [3.8, 4) is 17.2 Å². The molecule has 6 heteroatoms. The summed E-state index contributed by atoms with van der Waals surface area (Å²) in [5, 5.41) is 9.62. The van der Waals surface area contributed by atoms with E-state index in [1.807, 2.05) is 12.1 Å². The molecule has 0 heterocycles. The second kappa shape index (κ2) is 13.4. The molecule has 0 saturated heterocycles. The van der Waals surface area contributed by atoms with E-state index in [0.717, 1.165) is 18.9 Å². The Hall–Kier alpha value is -2.05. The first kappa shape index (κ1) is 25.2. The summed E-state index contributed by atoms with van der Waals surface area (Å²) < 4.78 is 37.6. The molecule has 2 aromatic carbocycles. The van der Waals surface area contributed by atoms with E-state index >= 15 is 0 Å². The first-order chi connectivity index (χ1) is 14.9. The van der Waals surface area contributed by atoms with Gasteiger partial charge in [-0.15, -0.1) is 0 Å². The van der Waals surface area contributed by atoms with Gasteiger partial charge in [-0.3, -0.25) is 4.55 Å². The number of aryl methyl sites for hydroxylation is 1. The number of benzene rings is 2. The maximum atomic E-state index is 11.3. The zero-order chi connectivity index (χ0) is 22.5. The number of aromatic hydroxyl groups is 1. The minimum atomic E-state index is -4.52. The normalized spacial score (nSPS) is 11.5. The van der Waals surface area contributed by atoms with E-state index in [-0.39, 0.29) is 5.75 Å². The van der Waals surface area contributed by atoms with E-state index in [2.05, 4.69) is 13.0 Å². The molecule has 0 bridgehead atoms. The number of hydrogen-bond acceptors (Lipinski definition) is 4. The SMILES string of the molecule is CCCCCCCCCCCCCc1cccc(Oc2ccc(O)c(S(=O)(=O)O)c2)c1. The summed E-state index contributed by atoms with van der Waals surface area (Å²) in [5.74, 6) is 0.310. The van der Waals surface area contributed by atoms with Gasteiger partial charge in [0.05, 0.1) is 0 Å². The van der Waals surface area contributed by atoms with Crippen LogP contribution in [0.3, 0.4) is 0 Å². The van der Waals surface area contributed by atoms with Gasteiger partial charge in [-0.25, -0.2) is 0 Å². The van der Waals surface area contributed by atoms with E-state index in [1.54, 1.807) is 6.07 Å². The molecule has 2 aromatic rings. The Bertz CT molecular complexity index is 893. The fourth-order valence-electron chi connectivity index (χ4n) is 3.66. The van der Waals surface area contributed by atoms with E-state index in [0.29, 0.717) is 5.75 Å². The molecule has 0 atom stereocenters. The average Bonchev–Trinajstić information content (AvgIpc) is 2.73. The highest BCUT2D eigenvalue weighted by atomic mass is 32.2. The fourth-order valence-corrected chi connectivity index (χ4v) is 4.26. The third-order valence-corrected chi connectivity index (χ3v) is 6.30. The molecule has 0 spiro atoms. The standard InChI is InChI=1S/C25H36O5S/c1-2-3-4-5-6-7-8-9-10-11-12-14-21-15-13-16-22(19-21)30-23-17-18-24(26)25(20-23)31(27,28)29/h13,15-20,26H,2-12,14H2,1H3,(H,27,28,29). The monoisotopic (exact) mass is 448 g/mol. The van der Waals surface area contributed by atoms with E-state index in [1.165, 1.54) is 81.9 Å². The van der Waals surface area contributed by atoms with Gasteiger partial charge in [-0.2, -0.15) is 8.42 Å². The van der Waals surface area contributed by atoms with Gasteiger partial charge in [0.2, 0.25) is 0 Å². The van der Waals surface area contributed by atoms with E-state index < -0.39 is 20.8 Å². The van der Waals surface area contributed by atoms with Crippen molar-refractivity contribution in [2.45, 2.75) is 88.9 Å². The van der Waals surface area contributed by atoms with Crippen LogP contribution in [-0.2, 0) is 16.5 Å². The first-order valence-electron chi connectivity index (χ1n) is 11.5. The zero-order valence-electron chi connectivity index (χ0n) is 18.6. The largest absolute Gasteiger partial charge is 0.506 e. The van der Waals surface area contributed by atoms with Gasteiger partial charge in [0, 0.05) is 6.07 Å². The van der Waals surface area contributed by atoms with Gasteiger partial charge in [0.15, 0.2) is 0 Å². The maximum absolute atomic E-state index is 11.3. The number of unbranched alkanes of at least 4 members (excludes halogenated alkanes) is 10. The quantitative estimate of drug-likeness (QED) is 0.221. The number of rotatable bonds is 15. The molecule has 31 heavy (non-hydrogen) atoms. The van der Waals surface area contributed by atoms with E-state index in [4.69, 9.17) is 4.74 Å². The number of phenols is 1. The Morgan fingerprint density at radius 2 is 1.35 bits per heavy atom. The van der Waals surface area contributed by atoms with Crippen molar-refractivity contribution < 1.29 is 22.8 Å². The lowest BCUT2D eigenvalue weighted by Crippen LogP contribution is -1.99. The van der Waals surface area contributed by atoms with Crippen molar-refractivity contribution >= 4 is 10.1 Å². The predicted molar refractivity (Wildman–Crippen MR) is 125 cm³/mol. The molecule has 0 aliphatic rings. The lowest BCUT2D eigenvalue weighted by atomic mass is 10.0. The first-order valence-corrected chi connectivity index (χ1v) is 12.9. The molecule has 172 valence electrons. The van der Waals surface area contributed by atoms with Crippen LogP contribution in [0.2, 0.25) is 0 Å². The van der Waals surface area contributed by atoms with Crippen LogP contribution in [-0.4, -0.2) is 18.1 Å². The highest BCUT2D eigenvalue weighted by Crippen LogP contribution is 2.30. The van der Waals surface area contributed by atoms with Crippen molar-refractivity contribution in [3.63, 3.8) is 0 Å². The molecule has 0 saturated carbocycles. The van der Waals surface area contributed by atoms with Gasteiger partial charge < -0.3 is 9.84 Å². The van der Waals surface area contributed by atoms with Gasteiger partial charge in [-0.05, 0) is 42.7 Å². The topological polar surface area (TPSA) is 83.8 Å². The van der Waals surface area contributed by atoms with Crippen LogP contribution in [0.5, 0.6) is 17.2 Å². The van der Waals surface area contributed by atoms with Crippen LogP contribution in [0.15, 0.2) is 47.4 Å². The smallest absolute Gasteiger partial charge is 0.298 e. The molecule has 0 aliphatic heterocycles. The Labute approximate surface area is 187 Å². The molecule has 5 nitrogen and oxygen atoms in total. The number of hydrogen-bond donors (Lipinski definition) is 2. The van der Waals surface area contributed by atoms with Gasteiger partial charge in [0.1, 0.15) is 22.1 Å². The molecular weight excluding hydrogens is 412 g/mol. The van der Waals surface area contributed by atoms with Crippen molar-refractivity contribution in [2.24, 2.45) is 0 Å². The molecule has 2 N–H and O–H groups in total. The summed E-state index contributed by atoms with van der Waals surface area (Å²) in [5.41, 5.74) is 1.17. The summed E-state index contributed by atoms with van der Waals surface area (Å²) in [6.07, 6.45) is 15.4. The molecule has 0 aliphatic carbocycles. The Balaban J connectivity index is 1.72. The maximum Gasteiger partial charge on any atom is 0.298 e. The minimum Gasteiger partial charge on any atom is -0.506 e. The molecule has 0 radical (unpaired) electrons. The lowest BCUT2D eigenvalue weighted by Gasteiger charge is -2.09. The van der Waals surface area contributed by atoms with Crippen LogP contribution >= 0.6 is 0 Å². The Morgan fingerprint density at radius 1 is 0.774 bits per heavy atom. The van der Waals surface area contributed by atoms with Crippen LogP contribution in [0.25, 0.3) is 0 Å². The molecule has 0 amide bonds. The Kier molecular flexibility index (Phi) is 10.9. The van der Waals surface area contributed by atoms with Crippen LogP contribution in [0.4, 0.5) is 0 Å². The van der Waals surface area contributed by atoms with Crippen molar-refractivity contribution in [3.05, 3.63) is 48.0 Å². The summed E-state index contributed by atoms with van der Waals surface area (Å²) >= 11 is 0. The molecular formula is C25H36O5S. The summed E-state index contributed by atoms with van der Waals surface area (Å²) in [6, 6.07) is 11.5. The number of phenolic OH excluding ortho intramolecular Hbond substituents is 1. The summed E-state index contributed by atoms with van der Waals surface area (Å²) in [6.45, 7) is 2.25. The second-order valence-corrected chi connectivity index (χ2v) is 9.53. The lowest BCUT2D eigenvalue weighted by molar-refractivity contribution is 0.435. The van der Waals surface area contributed by atoms with Gasteiger partial charge in [-0.1, -0.05) is 83.3 Å². The highest BCUT2D eigenvalue weighted by molar-refractivity contribution is 7.86. The zero-order valence-corrected chi connectivity index (χ0v) is 19.4. The van der Waals surface area contributed by atoms with Crippen LogP contribution in [0, 0.1) is 0 Å². The Morgan fingerprint density at radius 3 is 1.97 bits per heavy atom. The minimum absolute atomic E-state index is 0.234. The third-order valence-electron chi connectivity index (χ3n) is 5.41. The average molecular weight is 449 g/mol. The fraction of sp³-hybridized carbons (Fsp3) is 0.520. The highest BCUT2D eigenvalue weighted by Gasteiger charge is 2.16. The summed E-state index contributed by atoms with van der Waals surface area (Å²) in [4.78, 5) is -0.567. The van der Waals surface area contributed by atoms with E-state index in [9.17, 15) is 18.1 Å². The molecule has 2 rings (SSSR count). The number of ether oxygens (including phenoxy) is 1. The predicted octanol–water partition coefficient (Wildman–Crippen LogP) is 7.28. The van der Waals surface area contributed by atoms with Crippen molar-refractivity contribution in [1.82, 2.24) is 0 Å².